The number of hydrogen-bond acceptors (Lipinski definition) is 1. The Morgan fingerprint density at radius 3 is 2.69 bits per heavy atom. The van der Waals surface area contributed by atoms with Crippen molar-refractivity contribution >= 4 is 6.03 Å². The lowest BCUT2D eigenvalue weighted by Gasteiger charge is -2.12. The highest BCUT2D eigenvalue weighted by Gasteiger charge is 2.16. The van der Waals surface area contributed by atoms with Crippen LogP contribution in [0.1, 0.15) is 45.4 Å². The summed E-state index contributed by atoms with van der Waals surface area (Å²) >= 11 is 0. The maximum atomic E-state index is 11.3. The molecule has 0 saturated heterocycles. The van der Waals surface area contributed by atoms with E-state index in [1.54, 1.807) is 0 Å². The molecule has 2 amide bonds. The SMILES string of the molecule is CCCCNC(=O)NC1CCCC1. The van der Waals surface area contributed by atoms with E-state index >= 15 is 0 Å². The summed E-state index contributed by atoms with van der Waals surface area (Å²) in [5.41, 5.74) is 0. The van der Waals surface area contributed by atoms with Gasteiger partial charge in [0.05, 0.1) is 0 Å². The third kappa shape index (κ3) is 4.15. The lowest BCUT2D eigenvalue weighted by molar-refractivity contribution is 0.237. The fourth-order valence-electron chi connectivity index (χ4n) is 1.69. The Kier molecular flexibility index (Phi) is 4.65. The molecule has 0 aromatic heterocycles. The van der Waals surface area contributed by atoms with Gasteiger partial charge in [0.15, 0.2) is 0 Å². The van der Waals surface area contributed by atoms with Crippen molar-refractivity contribution < 1.29 is 4.79 Å². The van der Waals surface area contributed by atoms with E-state index in [-0.39, 0.29) is 6.03 Å². The Morgan fingerprint density at radius 2 is 2.08 bits per heavy atom. The molecule has 0 aromatic rings. The Balaban J connectivity index is 2.02. The predicted molar refractivity (Wildman–Crippen MR) is 53.7 cm³/mol. The van der Waals surface area contributed by atoms with Gasteiger partial charge in [-0.25, -0.2) is 4.79 Å². The molecule has 3 nitrogen and oxygen atoms in total. The van der Waals surface area contributed by atoms with Gasteiger partial charge in [-0.2, -0.15) is 0 Å². The van der Waals surface area contributed by atoms with E-state index < -0.39 is 0 Å². The maximum Gasteiger partial charge on any atom is 0.315 e. The van der Waals surface area contributed by atoms with Crippen molar-refractivity contribution in [2.45, 2.75) is 51.5 Å². The van der Waals surface area contributed by atoms with Gasteiger partial charge in [-0.15, -0.1) is 0 Å². The summed E-state index contributed by atoms with van der Waals surface area (Å²) in [6.07, 6.45) is 7.03. The summed E-state index contributed by atoms with van der Waals surface area (Å²) in [6.45, 7) is 2.92. The molecule has 13 heavy (non-hydrogen) atoms. The van der Waals surface area contributed by atoms with E-state index in [0.717, 1.165) is 32.2 Å². The van der Waals surface area contributed by atoms with E-state index in [1.807, 2.05) is 0 Å². The van der Waals surface area contributed by atoms with Crippen LogP contribution in [0.5, 0.6) is 0 Å². The highest BCUT2D eigenvalue weighted by Crippen LogP contribution is 2.17. The summed E-state index contributed by atoms with van der Waals surface area (Å²) in [5, 5.41) is 5.85. The first-order valence-electron chi connectivity index (χ1n) is 5.37. The number of carbonyl (C=O) groups is 1. The molecule has 3 heteroatoms. The molecule has 1 rings (SSSR count). The van der Waals surface area contributed by atoms with Gasteiger partial charge in [0.1, 0.15) is 0 Å². The molecule has 0 atom stereocenters. The van der Waals surface area contributed by atoms with Crippen molar-refractivity contribution in [3.8, 4) is 0 Å². The minimum absolute atomic E-state index is 0.0142. The first-order chi connectivity index (χ1) is 6.33. The van der Waals surface area contributed by atoms with Gasteiger partial charge in [-0.05, 0) is 19.3 Å². The van der Waals surface area contributed by atoms with Crippen LogP contribution in [0.25, 0.3) is 0 Å². The summed E-state index contributed by atoms with van der Waals surface area (Å²) in [7, 11) is 0. The number of amides is 2. The number of carbonyl (C=O) groups excluding carboxylic acids is 1. The van der Waals surface area contributed by atoms with Crippen LogP contribution in [0.2, 0.25) is 0 Å². The zero-order valence-corrected chi connectivity index (χ0v) is 8.44. The van der Waals surface area contributed by atoms with Gasteiger partial charge in [0.2, 0.25) is 0 Å². The van der Waals surface area contributed by atoms with Crippen LogP contribution in [0.4, 0.5) is 4.79 Å². The summed E-state index contributed by atoms with van der Waals surface area (Å²) < 4.78 is 0. The molecule has 1 saturated carbocycles. The Morgan fingerprint density at radius 1 is 1.38 bits per heavy atom. The van der Waals surface area contributed by atoms with Crippen molar-refractivity contribution in [2.75, 3.05) is 6.54 Å². The molecule has 1 aliphatic carbocycles. The van der Waals surface area contributed by atoms with Crippen molar-refractivity contribution in [1.82, 2.24) is 10.6 Å². The fourth-order valence-corrected chi connectivity index (χ4v) is 1.69. The molecule has 0 bridgehead atoms. The summed E-state index contributed by atoms with van der Waals surface area (Å²) in [5.74, 6) is 0. The normalized spacial score (nSPS) is 17.3. The zero-order chi connectivity index (χ0) is 9.52. The average molecular weight is 184 g/mol. The van der Waals surface area contributed by atoms with Crippen molar-refractivity contribution in [3.63, 3.8) is 0 Å². The molecule has 1 aliphatic rings. The Hall–Kier alpha value is -0.730. The standard InChI is InChI=1S/C10H20N2O/c1-2-3-8-11-10(13)12-9-6-4-5-7-9/h9H,2-8H2,1H3,(H2,11,12,13). The van der Waals surface area contributed by atoms with Crippen LogP contribution >= 0.6 is 0 Å². The monoisotopic (exact) mass is 184 g/mol. The second-order valence-electron chi connectivity index (χ2n) is 3.74. The van der Waals surface area contributed by atoms with Crippen molar-refractivity contribution in [2.24, 2.45) is 0 Å². The molecule has 0 radical (unpaired) electrons. The molecular formula is C10H20N2O. The summed E-state index contributed by atoms with van der Waals surface area (Å²) in [6, 6.07) is 0.446. The van der Waals surface area contributed by atoms with Gasteiger partial charge in [-0.1, -0.05) is 26.2 Å². The van der Waals surface area contributed by atoms with Gasteiger partial charge < -0.3 is 10.6 Å². The maximum absolute atomic E-state index is 11.3. The van der Waals surface area contributed by atoms with E-state index in [2.05, 4.69) is 17.6 Å². The minimum Gasteiger partial charge on any atom is -0.338 e. The van der Waals surface area contributed by atoms with Crippen LogP contribution < -0.4 is 10.6 Å². The van der Waals surface area contributed by atoms with E-state index in [4.69, 9.17) is 0 Å². The number of hydrogen-bond donors (Lipinski definition) is 2. The van der Waals surface area contributed by atoms with Gasteiger partial charge in [-0.3, -0.25) is 0 Å². The summed E-state index contributed by atoms with van der Waals surface area (Å²) in [4.78, 5) is 11.3. The average Bonchev–Trinajstić information content (AvgIpc) is 2.57. The van der Waals surface area contributed by atoms with Crippen molar-refractivity contribution in [3.05, 3.63) is 0 Å². The first kappa shape index (κ1) is 10.4. The third-order valence-corrected chi connectivity index (χ3v) is 2.51. The van der Waals surface area contributed by atoms with E-state index in [0.29, 0.717) is 6.04 Å². The number of rotatable bonds is 4. The minimum atomic E-state index is 0.0142. The molecule has 0 aliphatic heterocycles. The quantitative estimate of drug-likeness (QED) is 0.645. The highest BCUT2D eigenvalue weighted by atomic mass is 16.2. The lowest BCUT2D eigenvalue weighted by Crippen LogP contribution is -2.41. The lowest BCUT2D eigenvalue weighted by atomic mass is 10.2. The van der Waals surface area contributed by atoms with Crippen LogP contribution in [0, 0.1) is 0 Å². The number of unbranched alkanes of at least 4 members (excludes halogenated alkanes) is 1. The second-order valence-corrected chi connectivity index (χ2v) is 3.74. The van der Waals surface area contributed by atoms with E-state index in [9.17, 15) is 4.79 Å². The van der Waals surface area contributed by atoms with Crippen molar-refractivity contribution in [1.29, 1.82) is 0 Å². The Labute approximate surface area is 80.3 Å². The predicted octanol–water partition coefficient (Wildman–Crippen LogP) is 2.03. The molecule has 2 N–H and O–H groups in total. The van der Waals surface area contributed by atoms with Gasteiger partial charge in [0, 0.05) is 12.6 Å². The third-order valence-electron chi connectivity index (χ3n) is 2.51. The van der Waals surface area contributed by atoms with Crippen LogP contribution in [0.3, 0.4) is 0 Å². The largest absolute Gasteiger partial charge is 0.338 e. The highest BCUT2D eigenvalue weighted by molar-refractivity contribution is 5.74. The molecule has 1 fully saturated rings. The van der Waals surface area contributed by atoms with Gasteiger partial charge >= 0.3 is 6.03 Å². The number of nitrogens with one attached hydrogen (secondary N) is 2. The molecule has 0 heterocycles. The molecule has 0 unspecified atom stereocenters. The fraction of sp³-hybridized carbons (Fsp3) is 0.900. The molecular weight excluding hydrogens is 164 g/mol. The molecule has 0 aromatic carbocycles. The Bertz CT molecular complexity index is 153. The zero-order valence-electron chi connectivity index (χ0n) is 8.44. The smallest absolute Gasteiger partial charge is 0.315 e. The van der Waals surface area contributed by atoms with E-state index in [1.165, 1.54) is 12.8 Å². The van der Waals surface area contributed by atoms with Crippen LogP contribution in [-0.2, 0) is 0 Å². The van der Waals surface area contributed by atoms with Gasteiger partial charge in [0.25, 0.3) is 0 Å². The van der Waals surface area contributed by atoms with Crippen LogP contribution in [-0.4, -0.2) is 18.6 Å². The van der Waals surface area contributed by atoms with Crippen LogP contribution in [0.15, 0.2) is 0 Å². The number of urea groups is 1. The second kappa shape index (κ2) is 5.84. The topological polar surface area (TPSA) is 41.1 Å². The molecule has 0 spiro atoms. The molecule has 76 valence electrons. The first-order valence-corrected chi connectivity index (χ1v) is 5.37.